The minimum absolute atomic E-state index is 0.0675. The van der Waals surface area contributed by atoms with Gasteiger partial charge in [-0.25, -0.2) is 0 Å². The Morgan fingerprint density at radius 2 is 2.03 bits per heavy atom. The normalized spacial score (nSPS) is 15.7. The summed E-state index contributed by atoms with van der Waals surface area (Å²) in [7, 11) is 1.56. The third-order valence-corrected chi connectivity index (χ3v) is 4.95. The van der Waals surface area contributed by atoms with E-state index in [2.05, 4.69) is 10.6 Å². The molecule has 1 aliphatic rings. The Hall–Kier alpha value is -2.72. The van der Waals surface area contributed by atoms with E-state index < -0.39 is 17.9 Å². The molecular formula is C21H29N3O6S. The molecule has 0 spiro atoms. The number of hydrogen-bond acceptors (Lipinski definition) is 7. The first kappa shape index (κ1) is 24.5. The largest absolute Gasteiger partial charge is 0.490 e. The zero-order chi connectivity index (χ0) is 22.6. The summed E-state index contributed by atoms with van der Waals surface area (Å²) in [5.74, 6) is -0.884. The number of methoxy groups -OCH3 is 1. The number of para-hydroxylation sites is 1. The highest BCUT2D eigenvalue weighted by atomic mass is 32.1. The number of carbonyl (C=O) groups excluding carboxylic acids is 3. The van der Waals surface area contributed by atoms with Crippen molar-refractivity contribution in [2.24, 2.45) is 0 Å². The standard InChI is InChI=1S/C21H29N3O6S/c1-3-4-11-30-18(25)14-16-20(27)22-9-10-24(16)21(31)23-19(26)15-7-5-6-8-17(15)29-13-12-28-2/h5-8,16H,3-4,9-14H2,1-2H3,(H,22,27)(H,23,26,31). The molecular weight excluding hydrogens is 422 g/mol. The number of esters is 1. The lowest BCUT2D eigenvalue weighted by Crippen LogP contribution is -2.60. The first-order valence-electron chi connectivity index (χ1n) is 10.2. The van der Waals surface area contributed by atoms with Gasteiger partial charge < -0.3 is 24.4 Å². The highest BCUT2D eigenvalue weighted by Gasteiger charge is 2.34. The Labute approximate surface area is 187 Å². The minimum Gasteiger partial charge on any atom is -0.490 e. The molecule has 0 bridgehead atoms. The Balaban J connectivity index is 2.04. The molecule has 9 nitrogen and oxygen atoms in total. The van der Waals surface area contributed by atoms with Crippen molar-refractivity contribution in [2.75, 3.05) is 40.0 Å². The molecule has 0 aliphatic carbocycles. The number of benzene rings is 1. The van der Waals surface area contributed by atoms with E-state index in [1.807, 2.05) is 6.92 Å². The van der Waals surface area contributed by atoms with E-state index in [-0.39, 0.29) is 17.4 Å². The molecule has 10 heteroatoms. The van der Waals surface area contributed by atoms with E-state index in [1.54, 1.807) is 36.3 Å². The summed E-state index contributed by atoms with van der Waals surface area (Å²) in [5, 5.41) is 5.44. The Morgan fingerprint density at radius 1 is 1.26 bits per heavy atom. The molecule has 1 aromatic carbocycles. The van der Waals surface area contributed by atoms with E-state index in [9.17, 15) is 14.4 Å². The first-order valence-corrected chi connectivity index (χ1v) is 10.6. The van der Waals surface area contributed by atoms with Gasteiger partial charge >= 0.3 is 5.97 Å². The summed E-state index contributed by atoms with van der Waals surface area (Å²) >= 11 is 5.39. The number of piperazine rings is 1. The average Bonchev–Trinajstić information content (AvgIpc) is 2.75. The quantitative estimate of drug-likeness (QED) is 0.311. The second kappa shape index (κ2) is 12.9. The molecule has 1 heterocycles. The summed E-state index contributed by atoms with van der Waals surface area (Å²) in [4.78, 5) is 38.8. The maximum atomic E-state index is 12.8. The van der Waals surface area contributed by atoms with E-state index in [1.165, 1.54) is 0 Å². The zero-order valence-corrected chi connectivity index (χ0v) is 18.7. The Bertz CT molecular complexity index is 788. The van der Waals surface area contributed by atoms with Crippen LogP contribution in [0, 0.1) is 0 Å². The van der Waals surface area contributed by atoms with Crippen LogP contribution in [0.4, 0.5) is 0 Å². The molecule has 1 unspecified atom stereocenters. The van der Waals surface area contributed by atoms with E-state index >= 15 is 0 Å². The van der Waals surface area contributed by atoms with Crippen LogP contribution in [-0.2, 0) is 19.1 Å². The van der Waals surface area contributed by atoms with E-state index in [4.69, 9.17) is 26.4 Å². The fourth-order valence-electron chi connectivity index (χ4n) is 2.96. The van der Waals surface area contributed by atoms with Crippen LogP contribution in [0.2, 0.25) is 0 Å². The lowest BCUT2D eigenvalue weighted by molar-refractivity contribution is -0.147. The van der Waals surface area contributed by atoms with Gasteiger partial charge in [0.25, 0.3) is 5.91 Å². The van der Waals surface area contributed by atoms with Crippen LogP contribution < -0.4 is 15.4 Å². The fourth-order valence-corrected chi connectivity index (χ4v) is 3.27. The van der Waals surface area contributed by atoms with Crippen molar-refractivity contribution < 1.29 is 28.6 Å². The van der Waals surface area contributed by atoms with Crippen LogP contribution in [0.5, 0.6) is 5.75 Å². The van der Waals surface area contributed by atoms with Crippen molar-refractivity contribution in [2.45, 2.75) is 32.2 Å². The first-order chi connectivity index (χ1) is 15.0. The predicted octanol–water partition coefficient (Wildman–Crippen LogP) is 1.26. The number of carbonyl (C=O) groups is 3. The van der Waals surface area contributed by atoms with Crippen molar-refractivity contribution in [1.82, 2.24) is 15.5 Å². The van der Waals surface area contributed by atoms with Crippen LogP contribution in [0.25, 0.3) is 0 Å². The van der Waals surface area contributed by atoms with E-state index in [0.29, 0.717) is 44.2 Å². The molecule has 0 aromatic heterocycles. The second-order valence-electron chi connectivity index (χ2n) is 6.88. The van der Waals surface area contributed by atoms with Gasteiger partial charge in [0.05, 0.1) is 25.2 Å². The molecule has 2 rings (SSSR count). The SMILES string of the molecule is CCCCOC(=O)CC1C(=O)NCCN1C(=S)NC(=O)c1ccccc1OCCOC. The van der Waals surface area contributed by atoms with Gasteiger partial charge in [-0.05, 0) is 30.8 Å². The van der Waals surface area contributed by atoms with Crippen LogP contribution in [0.15, 0.2) is 24.3 Å². The van der Waals surface area contributed by atoms with Crippen LogP contribution >= 0.6 is 12.2 Å². The molecule has 170 valence electrons. The summed E-state index contributed by atoms with van der Waals surface area (Å²) in [5.41, 5.74) is 0.304. The summed E-state index contributed by atoms with van der Waals surface area (Å²) < 4.78 is 15.7. The van der Waals surface area contributed by atoms with Crippen molar-refractivity contribution in [3.8, 4) is 5.75 Å². The molecule has 2 N–H and O–H groups in total. The molecule has 1 atom stereocenters. The second-order valence-corrected chi connectivity index (χ2v) is 7.26. The minimum atomic E-state index is -0.844. The van der Waals surface area contributed by atoms with Gasteiger partial charge in [-0.2, -0.15) is 0 Å². The number of hydrogen-bond donors (Lipinski definition) is 2. The van der Waals surface area contributed by atoms with Crippen molar-refractivity contribution in [3.05, 3.63) is 29.8 Å². The molecule has 0 radical (unpaired) electrons. The van der Waals surface area contributed by atoms with Gasteiger partial charge in [-0.3, -0.25) is 19.7 Å². The molecule has 1 aromatic rings. The number of ether oxygens (including phenoxy) is 3. The number of rotatable bonds is 10. The third-order valence-electron chi connectivity index (χ3n) is 4.61. The number of amides is 2. The Kier molecular flexibility index (Phi) is 10.2. The lowest BCUT2D eigenvalue weighted by Gasteiger charge is -2.36. The number of nitrogens with zero attached hydrogens (tertiary/aromatic N) is 1. The zero-order valence-electron chi connectivity index (χ0n) is 17.8. The summed E-state index contributed by atoms with van der Waals surface area (Å²) in [6.45, 7) is 3.69. The summed E-state index contributed by atoms with van der Waals surface area (Å²) in [6, 6.07) is 5.92. The highest BCUT2D eigenvalue weighted by Crippen LogP contribution is 2.18. The highest BCUT2D eigenvalue weighted by molar-refractivity contribution is 7.80. The van der Waals surface area contributed by atoms with Gasteiger partial charge in [-0.15, -0.1) is 0 Å². The predicted molar refractivity (Wildman–Crippen MR) is 118 cm³/mol. The van der Waals surface area contributed by atoms with Crippen LogP contribution in [0.1, 0.15) is 36.5 Å². The van der Waals surface area contributed by atoms with Crippen molar-refractivity contribution in [3.63, 3.8) is 0 Å². The fraction of sp³-hybridized carbons (Fsp3) is 0.524. The lowest BCUT2D eigenvalue weighted by atomic mass is 10.1. The Morgan fingerprint density at radius 3 is 2.77 bits per heavy atom. The van der Waals surface area contributed by atoms with Gasteiger partial charge in [-0.1, -0.05) is 25.5 Å². The topological polar surface area (TPSA) is 106 Å². The van der Waals surface area contributed by atoms with Gasteiger partial charge in [0.1, 0.15) is 18.4 Å². The molecule has 1 saturated heterocycles. The summed E-state index contributed by atoms with van der Waals surface area (Å²) in [6.07, 6.45) is 1.50. The van der Waals surface area contributed by atoms with Crippen molar-refractivity contribution >= 4 is 35.1 Å². The van der Waals surface area contributed by atoms with Crippen LogP contribution in [-0.4, -0.2) is 73.9 Å². The van der Waals surface area contributed by atoms with Crippen LogP contribution in [0.3, 0.4) is 0 Å². The number of unbranched alkanes of at least 4 members (excludes halogenated alkanes) is 1. The van der Waals surface area contributed by atoms with E-state index in [0.717, 1.165) is 12.8 Å². The molecule has 1 fully saturated rings. The molecule has 2 amide bonds. The average molecular weight is 452 g/mol. The maximum absolute atomic E-state index is 12.8. The number of thiocarbonyl (C=S) groups is 1. The smallest absolute Gasteiger partial charge is 0.308 e. The molecule has 1 aliphatic heterocycles. The van der Waals surface area contributed by atoms with Gasteiger partial charge in [0, 0.05) is 20.2 Å². The van der Waals surface area contributed by atoms with Crippen molar-refractivity contribution in [1.29, 1.82) is 0 Å². The maximum Gasteiger partial charge on any atom is 0.308 e. The number of nitrogens with one attached hydrogen (secondary N) is 2. The monoisotopic (exact) mass is 451 g/mol. The molecule has 31 heavy (non-hydrogen) atoms. The third kappa shape index (κ3) is 7.48. The van der Waals surface area contributed by atoms with Gasteiger partial charge in [0.2, 0.25) is 5.91 Å². The van der Waals surface area contributed by atoms with Gasteiger partial charge in [0.15, 0.2) is 5.11 Å². The molecule has 0 saturated carbocycles.